The lowest BCUT2D eigenvalue weighted by Gasteiger charge is -2.25. The first kappa shape index (κ1) is 16.7. The molecule has 2 rings (SSSR count). The molecule has 0 aliphatic carbocycles. The summed E-state index contributed by atoms with van der Waals surface area (Å²) in [6.07, 6.45) is 0.677. The monoisotopic (exact) mass is 317 g/mol. The first-order valence-electron chi connectivity index (χ1n) is 7.29. The highest BCUT2D eigenvalue weighted by molar-refractivity contribution is 5.83. The number of likely N-dealkylation sites (N-methyl/N-ethyl adjacent to an activating group) is 1. The minimum atomic E-state index is -1.03. The van der Waals surface area contributed by atoms with E-state index < -0.39 is 12.0 Å². The lowest BCUT2D eigenvalue weighted by molar-refractivity contribution is -0.149. The number of hydrogen-bond donors (Lipinski definition) is 1. The Labute approximate surface area is 133 Å². The molecule has 1 unspecified atom stereocenters. The van der Waals surface area contributed by atoms with Crippen LogP contribution in [0, 0.1) is 6.92 Å². The highest BCUT2D eigenvalue weighted by atomic mass is 16.5. The van der Waals surface area contributed by atoms with Gasteiger partial charge in [0, 0.05) is 26.3 Å². The largest absolute Gasteiger partial charge is 0.480 e. The van der Waals surface area contributed by atoms with Crippen molar-refractivity contribution in [3.8, 4) is 0 Å². The van der Waals surface area contributed by atoms with E-state index in [0.717, 1.165) is 5.56 Å². The molecule has 2 aromatic rings. The van der Waals surface area contributed by atoms with Crippen LogP contribution in [0.25, 0.3) is 0 Å². The van der Waals surface area contributed by atoms with Crippen LogP contribution in [0.1, 0.15) is 23.7 Å². The Kier molecular flexibility index (Phi) is 5.46. The maximum absolute atomic E-state index is 12.2. The molecule has 1 amide bonds. The molecule has 0 spiro atoms. The summed E-state index contributed by atoms with van der Waals surface area (Å²) in [4.78, 5) is 29.0. The Hall–Kier alpha value is -2.70. The maximum atomic E-state index is 12.2. The third-order valence-electron chi connectivity index (χ3n) is 3.54. The van der Waals surface area contributed by atoms with Crippen molar-refractivity contribution in [2.45, 2.75) is 32.2 Å². The van der Waals surface area contributed by atoms with E-state index in [0.29, 0.717) is 18.1 Å². The average Bonchev–Trinajstić information content (AvgIpc) is 2.96. The van der Waals surface area contributed by atoms with Gasteiger partial charge in [0.25, 0.3) is 0 Å². The SMILES string of the molecule is Cc1noc(CCC(=O)N(C)C(Cc2ccccc2)C(=O)O)n1. The summed E-state index contributed by atoms with van der Waals surface area (Å²) in [6.45, 7) is 1.70. The first-order chi connectivity index (χ1) is 11.0. The van der Waals surface area contributed by atoms with Gasteiger partial charge in [-0.1, -0.05) is 35.5 Å². The number of aliphatic carboxylic acids is 1. The second-order valence-electron chi connectivity index (χ2n) is 5.28. The lowest BCUT2D eigenvalue weighted by Crippen LogP contribution is -2.43. The topological polar surface area (TPSA) is 96.5 Å². The van der Waals surface area contributed by atoms with Crippen LogP contribution < -0.4 is 0 Å². The van der Waals surface area contributed by atoms with Gasteiger partial charge in [-0.3, -0.25) is 4.79 Å². The zero-order valence-electron chi connectivity index (χ0n) is 13.1. The zero-order chi connectivity index (χ0) is 16.8. The molecule has 0 saturated heterocycles. The maximum Gasteiger partial charge on any atom is 0.326 e. The summed E-state index contributed by atoms with van der Waals surface area (Å²) in [5, 5.41) is 13.1. The second-order valence-corrected chi connectivity index (χ2v) is 5.28. The number of hydrogen-bond acceptors (Lipinski definition) is 5. The Morgan fingerprint density at radius 1 is 1.30 bits per heavy atom. The molecule has 7 heteroatoms. The highest BCUT2D eigenvalue weighted by Crippen LogP contribution is 2.11. The molecule has 1 heterocycles. The third-order valence-corrected chi connectivity index (χ3v) is 3.54. The average molecular weight is 317 g/mol. The molecule has 1 N–H and O–H groups in total. The predicted octanol–water partition coefficient (Wildman–Crippen LogP) is 1.46. The number of carbonyl (C=O) groups excluding carboxylic acids is 1. The summed E-state index contributed by atoms with van der Waals surface area (Å²) in [6, 6.07) is 8.32. The fourth-order valence-corrected chi connectivity index (χ4v) is 2.23. The van der Waals surface area contributed by atoms with Gasteiger partial charge in [0.05, 0.1) is 0 Å². The van der Waals surface area contributed by atoms with Gasteiger partial charge in [0.2, 0.25) is 11.8 Å². The van der Waals surface area contributed by atoms with Crippen molar-refractivity contribution in [3.05, 3.63) is 47.6 Å². The number of aromatic nitrogens is 2. The van der Waals surface area contributed by atoms with Crippen LogP contribution in [0.5, 0.6) is 0 Å². The number of carboxylic acid groups (broad SMARTS) is 1. The van der Waals surface area contributed by atoms with E-state index in [4.69, 9.17) is 4.52 Å². The summed E-state index contributed by atoms with van der Waals surface area (Å²) in [5.41, 5.74) is 0.868. The molecular formula is C16H19N3O4. The van der Waals surface area contributed by atoms with Crippen molar-refractivity contribution in [2.75, 3.05) is 7.05 Å². The normalized spacial score (nSPS) is 11.9. The van der Waals surface area contributed by atoms with E-state index in [2.05, 4.69) is 10.1 Å². The van der Waals surface area contributed by atoms with E-state index in [-0.39, 0.29) is 18.7 Å². The summed E-state index contributed by atoms with van der Waals surface area (Å²) in [7, 11) is 1.50. The van der Waals surface area contributed by atoms with Crippen molar-refractivity contribution in [1.29, 1.82) is 0 Å². The molecule has 23 heavy (non-hydrogen) atoms. The second kappa shape index (κ2) is 7.53. The molecule has 0 bridgehead atoms. The number of nitrogens with zero attached hydrogens (tertiary/aromatic N) is 3. The highest BCUT2D eigenvalue weighted by Gasteiger charge is 2.26. The van der Waals surface area contributed by atoms with Crippen LogP contribution in [-0.2, 0) is 22.4 Å². The number of amides is 1. The Morgan fingerprint density at radius 3 is 2.57 bits per heavy atom. The van der Waals surface area contributed by atoms with Crippen molar-refractivity contribution >= 4 is 11.9 Å². The van der Waals surface area contributed by atoms with Gasteiger partial charge in [0.15, 0.2) is 5.82 Å². The molecule has 0 saturated carbocycles. The third kappa shape index (κ3) is 4.64. The standard InChI is InChI=1S/C16H19N3O4/c1-11-17-14(23-18-11)8-9-15(20)19(2)13(16(21)22)10-12-6-4-3-5-7-12/h3-7,13H,8-10H2,1-2H3,(H,21,22). The molecule has 0 aliphatic rings. The first-order valence-corrected chi connectivity index (χ1v) is 7.29. The molecule has 1 aromatic heterocycles. The van der Waals surface area contributed by atoms with Gasteiger partial charge >= 0.3 is 5.97 Å². The van der Waals surface area contributed by atoms with Crippen molar-refractivity contribution < 1.29 is 19.2 Å². The fourth-order valence-electron chi connectivity index (χ4n) is 2.23. The van der Waals surface area contributed by atoms with Crippen LogP contribution in [0.3, 0.4) is 0 Å². The quantitative estimate of drug-likeness (QED) is 0.830. The fraction of sp³-hybridized carbons (Fsp3) is 0.375. The number of carboxylic acids is 1. The molecular weight excluding hydrogens is 298 g/mol. The van der Waals surface area contributed by atoms with Crippen molar-refractivity contribution in [2.24, 2.45) is 0 Å². The van der Waals surface area contributed by atoms with Crippen molar-refractivity contribution in [3.63, 3.8) is 0 Å². The van der Waals surface area contributed by atoms with Gasteiger partial charge in [-0.05, 0) is 12.5 Å². The molecule has 1 atom stereocenters. The Bertz CT molecular complexity index is 669. The number of carbonyl (C=O) groups is 2. The van der Waals surface area contributed by atoms with Gasteiger partial charge in [-0.15, -0.1) is 0 Å². The summed E-state index contributed by atoms with van der Waals surface area (Å²) in [5.74, 6) is -0.421. The summed E-state index contributed by atoms with van der Waals surface area (Å²) >= 11 is 0. The smallest absolute Gasteiger partial charge is 0.326 e. The van der Waals surface area contributed by atoms with E-state index in [1.54, 1.807) is 6.92 Å². The van der Waals surface area contributed by atoms with Crippen LogP contribution in [0.2, 0.25) is 0 Å². The van der Waals surface area contributed by atoms with E-state index >= 15 is 0 Å². The molecule has 0 fully saturated rings. The Morgan fingerprint density at radius 2 is 2.00 bits per heavy atom. The molecule has 7 nitrogen and oxygen atoms in total. The van der Waals surface area contributed by atoms with Crippen LogP contribution >= 0.6 is 0 Å². The predicted molar refractivity (Wildman–Crippen MR) is 81.7 cm³/mol. The van der Waals surface area contributed by atoms with E-state index in [9.17, 15) is 14.7 Å². The van der Waals surface area contributed by atoms with Crippen LogP contribution in [-0.4, -0.2) is 45.1 Å². The van der Waals surface area contributed by atoms with Gasteiger partial charge in [-0.2, -0.15) is 4.98 Å². The molecule has 1 aromatic carbocycles. The van der Waals surface area contributed by atoms with Gasteiger partial charge in [-0.25, -0.2) is 4.79 Å². The van der Waals surface area contributed by atoms with Crippen LogP contribution in [0.4, 0.5) is 0 Å². The zero-order valence-corrected chi connectivity index (χ0v) is 13.1. The number of rotatable bonds is 7. The minimum Gasteiger partial charge on any atom is -0.480 e. The number of aryl methyl sites for hydroxylation is 2. The van der Waals surface area contributed by atoms with E-state index in [1.807, 2.05) is 30.3 Å². The van der Waals surface area contributed by atoms with Gasteiger partial charge in [0.1, 0.15) is 6.04 Å². The summed E-state index contributed by atoms with van der Waals surface area (Å²) < 4.78 is 4.95. The molecule has 122 valence electrons. The van der Waals surface area contributed by atoms with Crippen LogP contribution in [0.15, 0.2) is 34.9 Å². The minimum absolute atomic E-state index is 0.122. The Balaban J connectivity index is 1.97. The van der Waals surface area contributed by atoms with Crippen molar-refractivity contribution in [1.82, 2.24) is 15.0 Å². The van der Waals surface area contributed by atoms with Gasteiger partial charge < -0.3 is 14.5 Å². The molecule has 0 aliphatic heterocycles. The number of benzene rings is 1. The molecule has 0 radical (unpaired) electrons. The van der Waals surface area contributed by atoms with E-state index in [1.165, 1.54) is 11.9 Å². The lowest BCUT2D eigenvalue weighted by atomic mass is 10.0.